The number of hydrogen-bond acceptors (Lipinski definition) is 3. The van der Waals surface area contributed by atoms with Crippen molar-refractivity contribution in [1.82, 2.24) is 19.4 Å². The molecule has 0 spiro atoms. The zero-order chi connectivity index (χ0) is 14.1. The fourth-order valence-electron chi connectivity index (χ4n) is 2.66. The molecule has 0 saturated carbocycles. The van der Waals surface area contributed by atoms with Crippen molar-refractivity contribution in [1.29, 1.82) is 0 Å². The molecule has 1 saturated heterocycles. The first-order valence-corrected chi connectivity index (χ1v) is 7.40. The second kappa shape index (κ2) is 5.36. The molecule has 2 aromatic heterocycles. The van der Waals surface area contributed by atoms with Gasteiger partial charge < -0.3 is 14.5 Å². The fourth-order valence-corrected chi connectivity index (χ4v) is 2.95. The summed E-state index contributed by atoms with van der Waals surface area (Å²) in [5, 5.41) is 0. The third-order valence-corrected chi connectivity index (χ3v) is 4.09. The van der Waals surface area contributed by atoms with Crippen LogP contribution in [0.4, 0.5) is 0 Å². The molecule has 1 aliphatic rings. The van der Waals surface area contributed by atoms with Crippen molar-refractivity contribution >= 4 is 29.3 Å². The molecule has 1 aliphatic heterocycles. The highest BCUT2D eigenvalue weighted by molar-refractivity contribution is 7.71. The third kappa shape index (κ3) is 2.47. The summed E-state index contributed by atoms with van der Waals surface area (Å²) in [7, 11) is 0. The number of nitrogens with one attached hydrogen (secondary N) is 1. The molecule has 1 N–H and O–H groups in total. The molecule has 20 heavy (non-hydrogen) atoms. The molecule has 1 amide bonds. The van der Waals surface area contributed by atoms with Crippen molar-refractivity contribution in [2.45, 2.75) is 32.7 Å². The van der Waals surface area contributed by atoms with Gasteiger partial charge in [0.15, 0.2) is 10.4 Å². The molecular formula is C14H18N4OS. The minimum absolute atomic E-state index is 0.214. The van der Waals surface area contributed by atoms with E-state index in [2.05, 4.69) is 9.97 Å². The van der Waals surface area contributed by atoms with E-state index in [9.17, 15) is 4.79 Å². The van der Waals surface area contributed by atoms with Crippen molar-refractivity contribution in [3.05, 3.63) is 22.6 Å². The number of carbonyl (C=O) groups excluding carboxylic acids is 1. The first-order valence-electron chi connectivity index (χ1n) is 6.99. The summed E-state index contributed by atoms with van der Waals surface area (Å²) in [5.74, 6) is 0.214. The summed E-state index contributed by atoms with van der Waals surface area (Å²) in [6, 6.07) is 3.93. The highest BCUT2D eigenvalue weighted by Crippen LogP contribution is 2.14. The maximum absolute atomic E-state index is 12.1. The monoisotopic (exact) mass is 290 g/mol. The third-order valence-electron chi connectivity index (χ3n) is 3.76. The Labute approximate surface area is 122 Å². The maximum Gasteiger partial charge on any atom is 0.224 e. The Morgan fingerprint density at radius 2 is 2.15 bits per heavy atom. The molecule has 3 rings (SSSR count). The number of aromatic nitrogens is 3. The molecule has 0 bridgehead atoms. The lowest BCUT2D eigenvalue weighted by Crippen LogP contribution is -2.28. The number of hydrogen-bond donors (Lipinski definition) is 1. The number of amides is 1. The van der Waals surface area contributed by atoms with E-state index in [4.69, 9.17) is 12.2 Å². The van der Waals surface area contributed by atoms with Crippen LogP contribution in [0.5, 0.6) is 0 Å². The largest absolute Gasteiger partial charge is 0.343 e. The number of imidazole rings is 1. The van der Waals surface area contributed by atoms with Gasteiger partial charge in [-0.25, -0.2) is 4.98 Å². The lowest BCUT2D eigenvalue weighted by Gasteiger charge is -2.15. The van der Waals surface area contributed by atoms with Gasteiger partial charge in [-0.3, -0.25) is 4.79 Å². The van der Waals surface area contributed by atoms with E-state index < -0.39 is 0 Å². The summed E-state index contributed by atoms with van der Waals surface area (Å²) < 4.78 is 2.55. The standard InChI is InChI=1S/C14H18N4OS/c1-10-4-5-11-13(15-10)18(14(20)16-11)9-6-12(19)17-7-2-3-8-17/h4-5H,2-3,6-9H2,1H3,(H,16,20). The van der Waals surface area contributed by atoms with E-state index in [0.717, 1.165) is 42.8 Å². The minimum atomic E-state index is 0.214. The zero-order valence-corrected chi connectivity index (χ0v) is 12.4. The molecule has 0 aromatic carbocycles. The number of rotatable bonds is 3. The molecule has 6 heteroatoms. The van der Waals surface area contributed by atoms with E-state index in [1.807, 2.05) is 28.5 Å². The first-order chi connectivity index (χ1) is 9.65. The first kappa shape index (κ1) is 13.3. The zero-order valence-electron chi connectivity index (χ0n) is 11.6. The fraction of sp³-hybridized carbons (Fsp3) is 0.500. The lowest BCUT2D eigenvalue weighted by molar-refractivity contribution is -0.130. The Bertz CT molecular complexity index is 697. The van der Waals surface area contributed by atoms with Gasteiger partial charge in [0.2, 0.25) is 5.91 Å². The second-order valence-electron chi connectivity index (χ2n) is 5.24. The van der Waals surface area contributed by atoms with E-state index in [-0.39, 0.29) is 5.91 Å². The average molecular weight is 290 g/mol. The van der Waals surface area contributed by atoms with Gasteiger partial charge in [0.1, 0.15) is 0 Å². The normalized spacial score (nSPS) is 15.2. The Kier molecular flexibility index (Phi) is 3.56. The quantitative estimate of drug-likeness (QED) is 0.883. The molecule has 0 radical (unpaired) electrons. The molecule has 2 aromatic rings. The Hall–Kier alpha value is -1.69. The van der Waals surface area contributed by atoms with E-state index in [0.29, 0.717) is 17.7 Å². The van der Waals surface area contributed by atoms with Crippen LogP contribution in [0.1, 0.15) is 25.0 Å². The van der Waals surface area contributed by atoms with Crippen molar-refractivity contribution in [2.24, 2.45) is 0 Å². The number of carbonyl (C=O) groups is 1. The molecule has 106 valence electrons. The summed E-state index contributed by atoms with van der Waals surface area (Å²) in [4.78, 5) is 21.7. The molecule has 0 atom stereocenters. The Balaban J connectivity index is 1.80. The van der Waals surface area contributed by atoms with E-state index in [1.54, 1.807) is 0 Å². The number of aryl methyl sites for hydroxylation is 2. The molecular weight excluding hydrogens is 272 g/mol. The van der Waals surface area contributed by atoms with Crippen LogP contribution in [0.25, 0.3) is 11.2 Å². The van der Waals surface area contributed by atoms with Crippen molar-refractivity contribution in [3.63, 3.8) is 0 Å². The van der Waals surface area contributed by atoms with Crippen LogP contribution in [-0.4, -0.2) is 38.4 Å². The van der Waals surface area contributed by atoms with Crippen LogP contribution < -0.4 is 0 Å². The van der Waals surface area contributed by atoms with E-state index >= 15 is 0 Å². The maximum atomic E-state index is 12.1. The number of likely N-dealkylation sites (tertiary alicyclic amines) is 1. The highest BCUT2D eigenvalue weighted by atomic mass is 32.1. The summed E-state index contributed by atoms with van der Waals surface area (Å²) in [5.41, 5.74) is 2.71. The van der Waals surface area contributed by atoms with Crippen molar-refractivity contribution in [2.75, 3.05) is 13.1 Å². The predicted octanol–water partition coefficient (Wildman–Crippen LogP) is 2.41. The molecule has 0 unspecified atom stereocenters. The molecule has 1 fully saturated rings. The van der Waals surface area contributed by atoms with Gasteiger partial charge in [-0.15, -0.1) is 0 Å². The van der Waals surface area contributed by atoms with Gasteiger partial charge in [0.25, 0.3) is 0 Å². The van der Waals surface area contributed by atoms with E-state index in [1.165, 1.54) is 0 Å². The van der Waals surface area contributed by atoms with Gasteiger partial charge in [0, 0.05) is 31.7 Å². The summed E-state index contributed by atoms with van der Waals surface area (Å²) in [6.07, 6.45) is 2.73. The van der Waals surface area contributed by atoms with Crippen LogP contribution in [0.15, 0.2) is 12.1 Å². The number of nitrogens with zero attached hydrogens (tertiary/aromatic N) is 3. The number of H-pyrrole nitrogens is 1. The molecule has 3 heterocycles. The second-order valence-corrected chi connectivity index (χ2v) is 5.63. The van der Waals surface area contributed by atoms with Crippen LogP contribution >= 0.6 is 12.2 Å². The van der Waals surface area contributed by atoms with Crippen LogP contribution in [0, 0.1) is 11.7 Å². The predicted molar refractivity (Wildman–Crippen MR) is 80.1 cm³/mol. The van der Waals surface area contributed by atoms with Gasteiger partial charge in [-0.1, -0.05) is 0 Å². The van der Waals surface area contributed by atoms with Gasteiger partial charge in [0.05, 0.1) is 5.52 Å². The van der Waals surface area contributed by atoms with Crippen LogP contribution in [-0.2, 0) is 11.3 Å². The van der Waals surface area contributed by atoms with Gasteiger partial charge >= 0.3 is 0 Å². The Morgan fingerprint density at radius 1 is 1.40 bits per heavy atom. The van der Waals surface area contributed by atoms with Crippen molar-refractivity contribution < 1.29 is 4.79 Å². The topological polar surface area (TPSA) is 53.9 Å². The van der Waals surface area contributed by atoms with Gasteiger partial charge in [-0.05, 0) is 44.1 Å². The van der Waals surface area contributed by atoms with Crippen molar-refractivity contribution in [3.8, 4) is 0 Å². The number of fused-ring (bicyclic) bond motifs is 1. The van der Waals surface area contributed by atoms with Crippen LogP contribution in [0.2, 0.25) is 0 Å². The number of aromatic amines is 1. The minimum Gasteiger partial charge on any atom is -0.343 e. The highest BCUT2D eigenvalue weighted by Gasteiger charge is 2.18. The smallest absolute Gasteiger partial charge is 0.224 e. The summed E-state index contributed by atoms with van der Waals surface area (Å²) in [6.45, 7) is 4.34. The molecule has 5 nitrogen and oxygen atoms in total. The molecule has 0 aliphatic carbocycles. The number of pyridine rings is 1. The van der Waals surface area contributed by atoms with Gasteiger partial charge in [-0.2, -0.15) is 0 Å². The average Bonchev–Trinajstić information content (AvgIpc) is 3.04. The Morgan fingerprint density at radius 3 is 2.90 bits per heavy atom. The lowest BCUT2D eigenvalue weighted by atomic mass is 10.3. The van der Waals surface area contributed by atoms with Crippen LogP contribution in [0.3, 0.4) is 0 Å². The summed E-state index contributed by atoms with van der Waals surface area (Å²) >= 11 is 5.33. The SMILES string of the molecule is Cc1ccc2[nH]c(=S)n(CCC(=O)N3CCCC3)c2n1.